The normalized spacial score (nSPS) is 18.3. The van der Waals surface area contributed by atoms with Crippen LogP contribution in [0.2, 0.25) is 0 Å². The van der Waals surface area contributed by atoms with Gasteiger partial charge in [0.1, 0.15) is 13.2 Å². The molecule has 0 radical (unpaired) electrons. The molecule has 7 nitrogen and oxygen atoms in total. The molecule has 1 fully saturated rings. The fraction of sp³-hybridized carbons (Fsp3) is 0.227. The van der Waals surface area contributed by atoms with Crippen molar-refractivity contribution in [1.82, 2.24) is 0 Å². The van der Waals surface area contributed by atoms with E-state index in [2.05, 4.69) is 0 Å². The van der Waals surface area contributed by atoms with E-state index in [9.17, 15) is 14.9 Å². The fourth-order valence-corrected chi connectivity index (χ4v) is 3.49. The monoisotopic (exact) mass is 393 g/mol. The predicted molar refractivity (Wildman–Crippen MR) is 107 cm³/mol. The van der Waals surface area contributed by atoms with Gasteiger partial charge in [-0.1, -0.05) is 12.1 Å². The third kappa shape index (κ3) is 3.85. The third-order valence-corrected chi connectivity index (χ3v) is 4.86. The molecule has 0 aromatic heterocycles. The molecule has 1 saturated carbocycles. The van der Waals surface area contributed by atoms with Crippen LogP contribution >= 0.6 is 0 Å². The second kappa shape index (κ2) is 7.79. The van der Waals surface area contributed by atoms with E-state index < -0.39 is 4.92 Å². The van der Waals surface area contributed by atoms with E-state index in [1.807, 2.05) is 18.2 Å². The maximum atomic E-state index is 12.8. The topological polar surface area (TPSA) is 87.9 Å². The number of non-ortho nitro benzene ring substituents is 1. The Morgan fingerprint density at radius 1 is 1.03 bits per heavy atom. The van der Waals surface area contributed by atoms with Crippen LogP contribution in [-0.2, 0) is 4.79 Å². The summed E-state index contributed by atoms with van der Waals surface area (Å²) in [5, 5.41) is 10.9. The lowest BCUT2D eigenvalue weighted by molar-refractivity contribution is -0.384. The number of carbonyl (C=O) groups is 1. The van der Waals surface area contributed by atoms with Crippen LogP contribution in [0.5, 0.6) is 17.2 Å². The van der Waals surface area contributed by atoms with Crippen molar-refractivity contribution in [3.63, 3.8) is 0 Å². The lowest BCUT2D eigenvalue weighted by atomic mass is 10.1. The second-order valence-electron chi connectivity index (χ2n) is 6.77. The summed E-state index contributed by atoms with van der Waals surface area (Å²) in [6, 6.07) is 9.91. The van der Waals surface area contributed by atoms with Crippen molar-refractivity contribution in [2.45, 2.75) is 12.8 Å². The minimum absolute atomic E-state index is 0.00364. The molecule has 2 aliphatic rings. The molecule has 0 unspecified atom stereocenters. The number of carbonyl (C=O) groups excluding carboxylic acids is 1. The van der Waals surface area contributed by atoms with Gasteiger partial charge < -0.3 is 14.2 Å². The Morgan fingerprint density at radius 3 is 2.48 bits per heavy atom. The molecule has 4 rings (SSSR count). The van der Waals surface area contributed by atoms with E-state index in [4.69, 9.17) is 14.2 Å². The number of ketones is 1. The molecule has 0 N–H and O–H groups in total. The van der Waals surface area contributed by atoms with Crippen LogP contribution in [0.3, 0.4) is 0 Å². The molecule has 0 atom stereocenters. The van der Waals surface area contributed by atoms with Crippen molar-refractivity contribution >= 4 is 23.6 Å². The van der Waals surface area contributed by atoms with Gasteiger partial charge in [-0.3, -0.25) is 14.9 Å². The van der Waals surface area contributed by atoms with Crippen LogP contribution in [0.4, 0.5) is 5.69 Å². The molecule has 0 saturated heterocycles. The van der Waals surface area contributed by atoms with Gasteiger partial charge in [0.15, 0.2) is 17.3 Å². The van der Waals surface area contributed by atoms with Crippen molar-refractivity contribution < 1.29 is 23.9 Å². The van der Waals surface area contributed by atoms with Crippen molar-refractivity contribution in [3.05, 3.63) is 68.8 Å². The minimum atomic E-state index is -0.445. The number of ether oxygens (including phenoxy) is 3. The van der Waals surface area contributed by atoms with Gasteiger partial charge >= 0.3 is 0 Å². The fourth-order valence-electron chi connectivity index (χ4n) is 3.49. The Hall–Kier alpha value is -3.61. The van der Waals surface area contributed by atoms with Crippen LogP contribution in [0, 0.1) is 10.1 Å². The SMILES string of the molecule is COc1cc(/C=C2\CC/C(=C\c3cccc([N+](=O)[O-])c3)C2=O)cc2c1OCCO2. The van der Waals surface area contributed by atoms with Crippen LogP contribution in [0.15, 0.2) is 47.5 Å². The van der Waals surface area contributed by atoms with Gasteiger partial charge in [0.2, 0.25) is 5.75 Å². The summed E-state index contributed by atoms with van der Waals surface area (Å²) in [5.41, 5.74) is 2.77. The van der Waals surface area contributed by atoms with Crippen LogP contribution in [0.25, 0.3) is 12.2 Å². The zero-order chi connectivity index (χ0) is 20.4. The molecule has 0 bridgehead atoms. The summed E-state index contributed by atoms with van der Waals surface area (Å²) in [4.78, 5) is 23.3. The smallest absolute Gasteiger partial charge is 0.270 e. The molecule has 2 aromatic rings. The summed E-state index contributed by atoms with van der Waals surface area (Å²) in [6.45, 7) is 0.930. The summed E-state index contributed by atoms with van der Waals surface area (Å²) in [7, 11) is 1.56. The standard InChI is InChI=1S/C22H19NO6/c1-27-19-12-15(13-20-22(19)29-8-7-28-20)10-17-6-5-16(21(17)24)9-14-3-2-4-18(11-14)23(25)26/h2-4,9-13H,5-8H2,1H3/b16-9+,17-10+. The van der Waals surface area contributed by atoms with Gasteiger partial charge in [-0.15, -0.1) is 0 Å². The first-order valence-electron chi connectivity index (χ1n) is 9.23. The number of nitro groups is 1. The molecule has 0 spiro atoms. The Morgan fingerprint density at radius 2 is 1.76 bits per heavy atom. The lowest BCUT2D eigenvalue weighted by Gasteiger charge is -2.21. The lowest BCUT2D eigenvalue weighted by Crippen LogP contribution is -2.16. The van der Waals surface area contributed by atoms with Gasteiger partial charge in [-0.05, 0) is 48.3 Å². The predicted octanol–water partition coefficient (Wildman–Crippen LogP) is 4.20. The first kappa shape index (κ1) is 18.7. The number of rotatable bonds is 4. The average molecular weight is 393 g/mol. The van der Waals surface area contributed by atoms with Crippen molar-refractivity contribution in [1.29, 1.82) is 0 Å². The maximum absolute atomic E-state index is 12.8. The summed E-state index contributed by atoms with van der Waals surface area (Å²) in [6.07, 6.45) is 4.75. The van der Waals surface area contributed by atoms with Crippen molar-refractivity contribution in [2.75, 3.05) is 20.3 Å². The number of nitrogens with zero attached hydrogens (tertiary/aromatic N) is 1. The van der Waals surface area contributed by atoms with E-state index >= 15 is 0 Å². The van der Waals surface area contributed by atoms with Crippen LogP contribution < -0.4 is 14.2 Å². The Balaban J connectivity index is 1.61. The average Bonchev–Trinajstić information content (AvgIpc) is 3.07. The second-order valence-corrected chi connectivity index (χ2v) is 6.77. The highest BCUT2D eigenvalue weighted by Crippen LogP contribution is 2.41. The minimum Gasteiger partial charge on any atom is -0.493 e. The molecule has 29 heavy (non-hydrogen) atoms. The number of benzene rings is 2. The van der Waals surface area contributed by atoms with E-state index in [0.717, 1.165) is 5.56 Å². The highest BCUT2D eigenvalue weighted by Gasteiger charge is 2.24. The quantitative estimate of drug-likeness (QED) is 0.439. The van der Waals surface area contributed by atoms with E-state index in [0.29, 0.717) is 60.0 Å². The maximum Gasteiger partial charge on any atom is 0.270 e. The Kier molecular flexibility index (Phi) is 5.03. The van der Waals surface area contributed by atoms with E-state index in [-0.39, 0.29) is 11.5 Å². The van der Waals surface area contributed by atoms with Gasteiger partial charge in [-0.25, -0.2) is 0 Å². The van der Waals surface area contributed by atoms with Gasteiger partial charge in [-0.2, -0.15) is 0 Å². The largest absolute Gasteiger partial charge is 0.493 e. The number of Topliss-reactive ketones (excluding diaryl/α,β-unsaturated/α-hetero) is 1. The molecule has 1 aliphatic carbocycles. The number of hydrogen-bond acceptors (Lipinski definition) is 6. The summed E-state index contributed by atoms with van der Waals surface area (Å²) >= 11 is 0. The van der Waals surface area contributed by atoms with E-state index in [1.165, 1.54) is 12.1 Å². The third-order valence-electron chi connectivity index (χ3n) is 4.86. The number of fused-ring (bicyclic) bond motifs is 1. The van der Waals surface area contributed by atoms with Gasteiger partial charge in [0.25, 0.3) is 5.69 Å². The van der Waals surface area contributed by atoms with Crippen LogP contribution in [0.1, 0.15) is 24.0 Å². The number of hydrogen-bond donors (Lipinski definition) is 0. The number of methoxy groups -OCH3 is 1. The summed E-state index contributed by atoms with van der Waals surface area (Å²) in [5.74, 6) is 1.68. The van der Waals surface area contributed by atoms with Crippen molar-refractivity contribution in [3.8, 4) is 17.2 Å². The first-order valence-corrected chi connectivity index (χ1v) is 9.23. The molecule has 1 aliphatic heterocycles. The van der Waals surface area contributed by atoms with Crippen LogP contribution in [-0.4, -0.2) is 31.0 Å². The molecule has 7 heteroatoms. The molecule has 1 heterocycles. The van der Waals surface area contributed by atoms with Gasteiger partial charge in [0, 0.05) is 23.3 Å². The molecule has 2 aromatic carbocycles. The number of nitro benzene ring substituents is 1. The Bertz CT molecular complexity index is 1040. The zero-order valence-electron chi connectivity index (χ0n) is 15.8. The van der Waals surface area contributed by atoms with Gasteiger partial charge in [0.05, 0.1) is 12.0 Å². The van der Waals surface area contributed by atoms with E-state index in [1.54, 1.807) is 25.3 Å². The Labute approximate surface area is 167 Å². The highest BCUT2D eigenvalue weighted by atomic mass is 16.6. The molecular formula is C22H19NO6. The summed E-state index contributed by atoms with van der Waals surface area (Å²) < 4.78 is 16.6. The molecule has 148 valence electrons. The van der Waals surface area contributed by atoms with Crippen molar-refractivity contribution in [2.24, 2.45) is 0 Å². The zero-order valence-corrected chi connectivity index (χ0v) is 15.8. The number of allylic oxidation sites excluding steroid dienone is 2. The molecular weight excluding hydrogens is 374 g/mol. The first-order chi connectivity index (χ1) is 14.0. The molecule has 0 amide bonds. The highest BCUT2D eigenvalue weighted by molar-refractivity contribution is 6.15.